The normalized spacial score (nSPS) is 14.7. The Morgan fingerprint density at radius 2 is 1.66 bits per heavy atom. The number of nitrogens with one attached hydrogen (secondary N) is 4. The van der Waals surface area contributed by atoms with Crippen LogP contribution in [0.1, 0.15) is 63.9 Å². The summed E-state index contributed by atoms with van der Waals surface area (Å²) in [5.74, 6) is 0.142. The maximum absolute atomic E-state index is 13.2. The number of methoxy groups -OCH3 is 1. The molecule has 4 heterocycles. The van der Waals surface area contributed by atoms with Crippen LogP contribution in [0.3, 0.4) is 0 Å². The van der Waals surface area contributed by atoms with Crippen LogP contribution in [0.15, 0.2) is 65.9 Å². The Hall–Kier alpha value is -5.89. The molecule has 1 fully saturated rings. The first kappa shape index (κ1) is 36.9. The van der Waals surface area contributed by atoms with Gasteiger partial charge in [0.05, 0.1) is 36.7 Å². The predicted octanol–water partition coefficient (Wildman–Crippen LogP) is 4.75. The Labute approximate surface area is 308 Å². The second kappa shape index (κ2) is 16.6. The Kier molecular flexibility index (Phi) is 11.6. The third kappa shape index (κ3) is 8.60. The number of likely N-dealkylation sites (N-methyl/N-ethyl adjacent to an activating group) is 1. The number of ether oxygens (including phenoxy) is 2. The van der Waals surface area contributed by atoms with Crippen molar-refractivity contribution in [3.8, 4) is 22.6 Å². The van der Waals surface area contributed by atoms with Gasteiger partial charge in [0.2, 0.25) is 5.91 Å². The number of aromatic nitrogens is 2. The van der Waals surface area contributed by atoms with Gasteiger partial charge in [-0.05, 0) is 61.7 Å². The number of amides is 4. The third-order valence-electron chi connectivity index (χ3n) is 9.34. The molecule has 2 aromatic heterocycles. The molecule has 0 saturated carbocycles. The lowest BCUT2D eigenvalue weighted by Crippen LogP contribution is -2.35. The van der Waals surface area contributed by atoms with Gasteiger partial charge in [-0.2, -0.15) is 0 Å². The van der Waals surface area contributed by atoms with Gasteiger partial charge in [0.15, 0.2) is 11.5 Å². The fraction of sp³-hybridized carbons (Fsp3) is 0.359. The molecular weight excluding hydrogens is 676 g/mol. The molecular formula is C39H46N8O6. The predicted molar refractivity (Wildman–Crippen MR) is 204 cm³/mol. The summed E-state index contributed by atoms with van der Waals surface area (Å²) in [7, 11) is 5.09. The minimum Gasteiger partial charge on any atom is -0.493 e. The molecule has 1 saturated heterocycles. The number of anilines is 2. The molecule has 4 N–H and O–H groups in total. The van der Waals surface area contributed by atoms with Crippen molar-refractivity contribution < 1.29 is 28.7 Å². The van der Waals surface area contributed by atoms with E-state index in [1.165, 1.54) is 7.11 Å². The first-order chi connectivity index (χ1) is 25.6. The molecule has 53 heavy (non-hydrogen) atoms. The van der Waals surface area contributed by atoms with Crippen LogP contribution in [0.4, 0.5) is 17.1 Å². The topological polar surface area (TPSA) is 160 Å². The Balaban J connectivity index is 0.983. The van der Waals surface area contributed by atoms with E-state index >= 15 is 0 Å². The van der Waals surface area contributed by atoms with Gasteiger partial charge in [-0.3, -0.25) is 24.2 Å². The lowest BCUT2D eigenvalue weighted by molar-refractivity contribution is -0.116. The number of hydrogen-bond donors (Lipinski definition) is 4. The number of benzene rings is 2. The zero-order valence-electron chi connectivity index (χ0n) is 30.5. The standard InChI is InChI=1S/C39H46N8O6/c1-5-40-14-15-41-37(49)32-18-26(23-45(32)2)25-10-12-27(13-11-25)44-38(50)33-19-28(24-46(33)3)43-36(48)9-7-17-53-35-21-31-30(20-34(35)52-4)39(51)47-16-6-8-29(47)22-42-31/h10-13,18-24,29,40H,5-9,14-17H2,1-4H3,(H,41,49)(H,43,48)(H,44,50)/t29-/m0/s1. The van der Waals surface area contributed by atoms with Gasteiger partial charge in [0.25, 0.3) is 17.7 Å². The van der Waals surface area contributed by atoms with E-state index in [4.69, 9.17) is 9.47 Å². The van der Waals surface area contributed by atoms with Gasteiger partial charge in [0.1, 0.15) is 11.4 Å². The van der Waals surface area contributed by atoms with Gasteiger partial charge in [-0.15, -0.1) is 0 Å². The summed E-state index contributed by atoms with van der Waals surface area (Å²) >= 11 is 0. The van der Waals surface area contributed by atoms with Crippen LogP contribution in [0.2, 0.25) is 0 Å². The second-order valence-electron chi connectivity index (χ2n) is 13.1. The fourth-order valence-corrected chi connectivity index (χ4v) is 6.54. The number of aryl methyl sites for hydroxylation is 2. The van der Waals surface area contributed by atoms with E-state index in [0.717, 1.165) is 30.5 Å². The van der Waals surface area contributed by atoms with Crippen molar-refractivity contribution in [2.45, 2.75) is 38.6 Å². The number of nitrogens with zero attached hydrogens (tertiary/aromatic N) is 4. The second-order valence-corrected chi connectivity index (χ2v) is 13.1. The first-order valence-corrected chi connectivity index (χ1v) is 17.9. The highest BCUT2D eigenvalue weighted by atomic mass is 16.5. The fourth-order valence-electron chi connectivity index (χ4n) is 6.54. The maximum Gasteiger partial charge on any atom is 0.272 e. The van der Waals surface area contributed by atoms with Crippen LogP contribution in [0.25, 0.3) is 11.1 Å². The molecule has 6 rings (SSSR count). The summed E-state index contributed by atoms with van der Waals surface area (Å²) in [6.07, 6.45) is 7.88. The SMILES string of the molecule is CCNCCNC(=O)c1cc(-c2ccc(NC(=O)c3cc(NC(=O)CCCOc4cc5c(cc4OC)C(=O)N4CCC[C@H]4C=N5)cn3C)cc2)cn1C. The van der Waals surface area contributed by atoms with Gasteiger partial charge in [0, 0.05) is 76.1 Å². The zero-order chi connectivity index (χ0) is 37.5. The number of aliphatic imine (C=N–C) groups is 1. The summed E-state index contributed by atoms with van der Waals surface area (Å²) in [6.45, 7) is 5.07. The molecule has 0 radical (unpaired) electrons. The van der Waals surface area contributed by atoms with E-state index in [9.17, 15) is 19.2 Å². The number of fused-ring (bicyclic) bond motifs is 2. The zero-order valence-corrected chi connectivity index (χ0v) is 30.5. The molecule has 4 amide bonds. The molecule has 2 aliphatic rings. The summed E-state index contributed by atoms with van der Waals surface area (Å²) < 4.78 is 14.9. The van der Waals surface area contributed by atoms with Crippen LogP contribution in [0.5, 0.6) is 11.5 Å². The van der Waals surface area contributed by atoms with E-state index < -0.39 is 0 Å². The van der Waals surface area contributed by atoms with Crippen molar-refractivity contribution in [2.75, 3.05) is 50.5 Å². The molecule has 14 nitrogen and oxygen atoms in total. The summed E-state index contributed by atoms with van der Waals surface area (Å²) in [5.41, 5.74) is 4.86. The van der Waals surface area contributed by atoms with Crippen molar-refractivity contribution in [3.05, 3.63) is 77.9 Å². The van der Waals surface area contributed by atoms with E-state index in [1.807, 2.05) is 49.5 Å². The van der Waals surface area contributed by atoms with E-state index in [-0.39, 0.29) is 42.7 Å². The molecule has 2 aliphatic heterocycles. The highest BCUT2D eigenvalue weighted by molar-refractivity contribution is 6.05. The molecule has 14 heteroatoms. The molecule has 2 aromatic carbocycles. The molecule has 4 aromatic rings. The van der Waals surface area contributed by atoms with Crippen molar-refractivity contribution in [1.82, 2.24) is 24.7 Å². The largest absolute Gasteiger partial charge is 0.493 e. The highest BCUT2D eigenvalue weighted by Crippen LogP contribution is 2.38. The Morgan fingerprint density at radius 1 is 0.887 bits per heavy atom. The van der Waals surface area contributed by atoms with Gasteiger partial charge in [-0.25, -0.2) is 0 Å². The minimum absolute atomic E-state index is 0.00706. The highest BCUT2D eigenvalue weighted by Gasteiger charge is 2.32. The number of hydrogen-bond acceptors (Lipinski definition) is 8. The van der Waals surface area contributed by atoms with Gasteiger partial charge >= 0.3 is 0 Å². The molecule has 0 spiro atoms. The summed E-state index contributed by atoms with van der Waals surface area (Å²) in [5, 5.41) is 11.9. The first-order valence-electron chi connectivity index (χ1n) is 17.9. The molecule has 0 bridgehead atoms. The average Bonchev–Trinajstić information content (AvgIpc) is 3.87. The van der Waals surface area contributed by atoms with E-state index in [1.54, 1.807) is 52.7 Å². The van der Waals surface area contributed by atoms with Crippen LogP contribution in [-0.2, 0) is 18.9 Å². The molecule has 0 unspecified atom stereocenters. The monoisotopic (exact) mass is 722 g/mol. The third-order valence-corrected chi connectivity index (χ3v) is 9.34. The van der Waals surface area contributed by atoms with Crippen LogP contribution < -0.4 is 30.7 Å². The lowest BCUT2D eigenvalue weighted by Gasteiger charge is -2.20. The van der Waals surface area contributed by atoms with Crippen LogP contribution >= 0.6 is 0 Å². The lowest BCUT2D eigenvalue weighted by atomic mass is 10.1. The van der Waals surface area contributed by atoms with Crippen LogP contribution in [-0.4, -0.2) is 89.8 Å². The van der Waals surface area contributed by atoms with E-state index in [2.05, 4.69) is 26.3 Å². The van der Waals surface area contributed by atoms with Crippen LogP contribution in [0, 0.1) is 0 Å². The minimum atomic E-state index is -0.327. The maximum atomic E-state index is 13.2. The van der Waals surface area contributed by atoms with Gasteiger partial charge < -0.3 is 44.8 Å². The average molecular weight is 723 g/mol. The number of carbonyl (C=O) groups excluding carboxylic acids is 4. The summed E-state index contributed by atoms with van der Waals surface area (Å²) in [4.78, 5) is 58.1. The van der Waals surface area contributed by atoms with E-state index in [0.29, 0.717) is 71.6 Å². The molecule has 1 atom stereocenters. The number of rotatable bonds is 15. The van der Waals surface area contributed by atoms with Crippen molar-refractivity contribution in [2.24, 2.45) is 19.1 Å². The van der Waals surface area contributed by atoms with Gasteiger partial charge in [-0.1, -0.05) is 19.1 Å². The summed E-state index contributed by atoms with van der Waals surface area (Å²) in [6, 6.07) is 14.3. The molecule has 0 aliphatic carbocycles. The van der Waals surface area contributed by atoms with Crippen molar-refractivity contribution in [3.63, 3.8) is 0 Å². The Bertz CT molecular complexity index is 2010. The number of carbonyl (C=O) groups is 4. The smallest absolute Gasteiger partial charge is 0.272 e. The van der Waals surface area contributed by atoms with Crippen molar-refractivity contribution in [1.29, 1.82) is 0 Å². The van der Waals surface area contributed by atoms with Crippen molar-refractivity contribution >= 4 is 46.9 Å². The quantitative estimate of drug-likeness (QED) is 0.129. The Morgan fingerprint density at radius 3 is 2.43 bits per heavy atom. The molecule has 278 valence electrons.